The molecule has 2 aliphatic rings. The molecule has 3 amide bonds. The highest BCUT2D eigenvalue weighted by atomic mass is 35.5. The molecule has 1 N–H and O–H groups in total. The van der Waals surface area contributed by atoms with E-state index in [0.717, 1.165) is 27.7 Å². The van der Waals surface area contributed by atoms with E-state index in [-0.39, 0.29) is 29.1 Å². The lowest BCUT2D eigenvalue weighted by Gasteiger charge is -2.30. The SMILES string of the molecule is O=C(Cn1c2c(sc1=O)[C@H](c1cccnc1)C1C(=O)N(c3ccc(Cl)cc3)C(=O)C1S2)Nc1cccc2ccccc12. The zero-order valence-electron chi connectivity index (χ0n) is 21.8. The number of carbonyl (C=O) groups is 3. The molecule has 4 heterocycles. The van der Waals surface area contributed by atoms with Crippen LogP contribution in [0.4, 0.5) is 11.4 Å². The van der Waals surface area contributed by atoms with Crippen LogP contribution in [0.15, 0.2) is 101 Å². The molecule has 1 fully saturated rings. The van der Waals surface area contributed by atoms with Gasteiger partial charge in [-0.1, -0.05) is 77.2 Å². The number of halogens is 1. The first-order chi connectivity index (χ1) is 20.4. The van der Waals surface area contributed by atoms with Crippen molar-refractivity contribution >= 4 is 74.6 Å². The smallest absolute Gasteiger partial charge is 0.308 e. The van der Waals surface area contributed by atoms with E-state index in [1.54, 1.807) is 42.7 Å². The van der Waals surface area contributed by atoms with Gasteiger partial charge in [0.15, 0.2) is 0 Å². The average Bonchev–Trinajstić information content (AvgIpc) is 3.44. The molecule has 42 heavy (non-hydrogen) atoms. The largest absolute Gasteiger partial charge is 0.324 e. The molecule has 208 valence electrons. The topological polar surface area (TPSA) is 101 Å². The van der Waals surface area contributed by atoms with Crippen molar-refractivity contribution < 1.29 is 14.4 Å². The third-order valence-corrected chi connectivity index (χ3v) is 10.4. The van der Waals surface area contributed by atoms with Crippen LogP contribution < -0.4 is 15.1 Å². The van der Waals surface area contributed by atoms with Gasteiger partial charge in [-0.2, -0.15) is 0 Å². The summed E-state index contributed by atoms with van der Waals surface area (Å²) >= 11 is 8.23. The van der Waals surface area contributed by atoms with E-state index in [2.05, 4.69) is 10.3 Å². The van der Waals surface area contributed by atoms with Crippen LogP contribution in [0.3, 0.4) is 0 Å². The molecule has 2 aromatic heterocycles. The van der Waals surface area contributed by atoms with Crippen molar-refractivity contribution in [3.05, 3.63) is 116 Å². The van der Waals surface area contributed by atoms with E-state index >= 15 is 0 Å². The van der Waals surface area contributed by atoms with Gasteiger partial charge >= 0.3 is 4.87 Å². The second kappa shape index (κ2) is 10.5. The van der Waals surface area contributed by atoms with Crippen molar-refractivity contribution in [1.29, 1.82) is 0 Å². The number of fused-ring (bicyclic) bond motifs is 3. The van der Waals surface area contributed by atoms with Gasteiger partial charge < -0.3 is 5.32 Å². The number of amides is 3. The molecule has 2 aliphatic heterocycles. The molecule has 0 radical (unpaired) electrons. The number of rotatable bonds is 5. The van der Waals surface area contributed by atoms with Crippen LogP contribution in [0.5, 0.6) is 0 Å². The fourth-order valence-electron chi connectivity index (χ4n) is 5.69. The highest BCUT2D eigenvalue weighted by molar-refractivity contribution is 8.00. The summed E-state index contributed by atoms with van der Waals surface area (Å²) in [5, 5.41) is 5.04. The summed E-state index contributed by atoms with van der Waals surface area (Å²) in [7, 11) is 0. The summed E-state index contributed by atoms with van der Waals surface area (Å²) in [5.74, 6) is -2.41. The number of carbonyl (C=O) groups excluding carboxylic acids is 3. The number of nitrogens with zero attached hydrogens (tertiary/aromatic N) is 3. The second-order valence-corrected chi connectivity index (χ2v) is 12.6. The Kier molecular flexibility index (Phi) is 6.69. The highest BCUT2D eigenvalue weighted by Crippen LogP contribution is 2.53. The van der Waals surface area contributed by atoms with Crippen molar-refractivity contribution in [2.24, 2.45) is 5.92 Å². The van der Waals surface area contributed by atoms with Crippen molar-refractivity contribution in [3.63, 3.8) is 0 Å². The lowest BCUT2D eigenvalue weighted by molar-refractivity contribution is -0.122. The number of pyridine rings is 1. The molecule has 2 unspecified atom stereocenters. The second-order valence-electron chi connectivity index (χ2n) is 10.0. The molecule has 0 bridgehead atoms. The number of hydrogen-bond acceptors (Lipinski definition) is 7. The molecule has 0 spiro atoms. The van der Waals surface area contributed by atoms with Crippen LogP contribution in [-0.4, -0.2) is 32.5 Å². The molecular weight excluding hydrogens is 592 g/mol. The summed E-state index contributed by atoms with van der Waals surface area (Å²) in [4.78, 5) is 60.1. The minimum Gasteiger partial charge on any atom is -0.324 e. The van der Waals surface area contributed by atoms with Gasteiger partial charge in [-0.05, 0) is 47.3 Å². The standard InChI is InChI=1S/C31H21ClN4O4S2/c32-19-10-12-20(13-11-19)36-28(38)25-24(18-7-4-14-33-15-18)27-30(41-26(25)29(36)39)35(31(40)42-27)16-23(37)34-22-9-3-6-17-5-1-2-8-21(17)22/h1-15,24-26H,16H2,(H,34,37)/t24-,25?,26?/m1/s1. The molecular formula is C31H21ClN4O4S2. The Hall–Kier alpha value is -4.25. The van der Waals surface area contributed by atoms with Gasteiger partial charge in [-0.15, -0.1) is 0 Å². The number of benzene rings is 3. The van der Waals surface area contributed by atoms with Crippen LogP contribution in [0, 0.1) is 5.92 Å². The quantitative estimate of drug-likeness (QED) is 0.261. The van der Waals surface area contributed by atoms with E-state index in [4.69, 9.17) is 11.6 Å². The zero-order chi connectivity index (χ0) is 29.0. The molecule has 8 nitrogen and oxygen atoms in total. The monoisotopic (exact) mass is 612 g/mol. The minimum absolute atomic E-state index is 0.235. The molecule has 3 atom stereocenters. The Morgan fingerprint density at radius 1 is 0.929 bits per heavy atom. The van der Waals surface area contributed by atoms with E-state index < -0.39 is 17.1 Å². The predicted molar refractivity (Wildman–Crippen MR) is 164 cm³/mol. The molecule has 11 heteroatoms. The van der Waals surface area contributed by atoms with E-state index in [1.807, 2.05) is 48.5 Å². The Morgan fingerprint density at radius 3 is 2.50 bits per heavy atom. The minimum atomic E-state index is -0.785. The molecule has 5 aromatic rings. The van der Waals surface area contributed by atoms with E-state index in [9.17, 15) is 19.2 Å². The number of imide groups is 1. The third kappa shape index (κ3) is 4.43. The zero-order valence-corrected chi connectivity index (χ0v) is 24.2. The summed E-state index contributed by atoms with van der Waals surface area (Å²) in [6, 6.07) is 23.5. The van der Waals surface area contributed by atoms with Crippen molar-refractivity contribution in [1.82, 2.24) is 9.55 Å². The van der Waals surface area contributed by atoms with E-state index in [0.29, 0.717) is 26.3 Å². The van der Waals surface area contributed by atoms with Gasteiger partial charge in [0.1, 0.15) is 11.8 Å². The number of thioether (sulfide) groups is 1. The Balaban J connectivity index is 1.27. The van der Waals surface area contributed by atoms with Crippen molar-refractivity contribution in [2.45, 2.75) is 22.7 Å². The normalized spacial score (nSPS) is 19.5. The van der Waals surface area contributed by atoms with Gasteiger partial charge in [-0.25, -0.2) is 4.90 Å². The van der Waals surface area contributed by atoms with Gasteiger partial charge in [0.25, 0.3) is 0 Å². The predicted octanol–water partition coefficient (Wildman–Crippen LogP) is 5.55. The van der Waals surface area contributed by atoms with Crippen molar-refractivity contribution in [3.8, 4) is 0 Å². The first-order valence-electron chi connectivity index (χ1n) is 13.1. The van der Waals surface area contributed by atoms with E-state index in [1.165, 1.54) is 21.2 Å². The first-order valence-corrected chi connectivity index (χ1v) is 15.2. The first kappa shape index (κ1) is 26.6. The van der Waals surface area contributed by atoms with Crippen LogP contribution in [0.2, 0.25) is 5.02 Å². The van der Waals surface area contributed by atoms with Crippen LogP contribution in [-0.2, 0) is 20.9 Å². The lowest BCUT2D eigenvalue weighted by atomic mass is 9.84. The number of nitrogens with one attached hydrogen (secondary N) is 1. The maximum atomic E-state index is 13.9. The Bertz CT molecular complexity index is 1940. The molecule has 3 aromatic carbocycles. The van der Waals surface area contributed by atoms with Gasteiger partial charge in [-0.3, -0.25) is 28.7 Å². The maximum Gasteiger partial charge on any atom is 0.308 e. The highest BCUT2D eigenvalue weighted by Gasteiger charge is 2.56. The molecule has 7 rings (SSSR count). The van der Waals surface area contributed by atoms with Gasteiger partial charge in [0.05, 0.1) is 16.6 Å². The summed E-state index contributed by atoms with van der Waals surface area (Å²) in [6.45, 7) is -0.235. The van der Waals surface area contributed by atoms with Crippen LogP contribution in [0.1, 0.15) is 16.4 Å². The van der Waals surface area contributed by atoms with Crippen LogP contribution in [0.25, 0.3) is 10.8 Å². The number of aromatic nitrogens is 2. The van der Waals surface area contributed by atoms with Gasteiger partial charge in [0.2, 0.25) is 17.7 Å². The summed E-state index contributed by atoms with van der Waals surface area (Å²) in [6.07, 6.45) is 3.29. The fourth-order valence-corrected chi connectivity index (χ4v) is 8.59. The molecule has 0 saturated carbocycles. The lowest BCUT2D eigenvalue weighted by Crippen LogP contribution is -2.33. The third-order valence-electron chi connectivity index (χ3n) is 7.54. The average molecular weight is 613 g/mol. The maximum absolute atomic E-state index is 13.9. The summed E-state index contributed by atoms with van der Waals surface area (Å²) < 4.78 is 1.41. The number of thiazole rings is 1. The Labute approximate surface area is 252 Å². The Morgan fingerprint density at radius 2 is 1.71 bits per heavy atom. The number of hydrogen-bond donors (Lipinski definition) is 1. The van der Waals surface area contributed by atoms with Gasteiger partial charge in [0, 0.05) is 39.3 Å². The summed E-state index contributed by atoms with van der Waals surface area (Å²) in [5.41, 5.74) is 1.80. The molecule has 1 saturated heterocycles. The number of anilines is 2. The molecule has 0 aliphatic carbocycles. The van der Waals surface area contributed by atoms with Crippen LogP contribution >= 0.6 is 34.7 Å². The fraction of sp³-hybridized carbons (Fsp3) is 0.129. The van der Waals surface area contributed by atoms with Crippen molar-refractivity contribution in [2.75, 3.05) is 10.2 Å².